The Kier molecular flexibility index (Phi) is 3.24. The van der Waals surface area contributed by atoms with Gasteiger partial charge < -0.3 is 10.3 Å². The summed E-state index contributed by atoms with van der Waals surface area (Å²) in [4.78, 5) is 4.55. The molecule has 0 spiro atoms. The molecule has 0 aliphatic rings. The molecule has 0 fully saturated rings. The monoisotopic (exact) mass is 269 g/mol. The maximum Gasteiger partial charge on any atom is 0.123 e. The molecule has 20 heavy (non-hydrogen) atoms. The smallest absolute Gasteiger partial charge is 0.123 e. The first-order chi connectivity index (χ1) is 9.67. The number of halogens is 1. The second-order valence-corrected chi connectivity index (χ2v) is 4.94. The maximum atomic E-state index is 13.3. The molecule has 0 atom stereocenters. The Hall–Kier alpha value is -2.20. The summed E-state index contributed by atoms with van der Waals surface area (Å²) in [5.41, 5.74) is 9.80. The molecule has 0 radical (unpaired) electrons. The summed E-state index contributed by atoms with van der Waals surface area (Å²) < 4.78 is 15.3. The predicted molar refractivity (Wildman–Crippen MR) is 77.9 cm³/mol. The van der Waals surface area contributed by atoms with Gasteiger partial charge in [-0.3, -0.25) is 0 Å². The first-order valence-corrected chi connectivity index (χ1v) is 6.57. The van der Waals surface area contributed by atoms with Gasteiger partial charge in [-0.15, -0.1) is 0 Å². The number of fused-ring (bicyclic) bond motifs is 1. The highest BCUT2D eigenvalue weighted by molar-refractivity contribution is 5.77. The number of nitrogens with zero attached hydrogens (tertiary/aromatic N) is 2. The van der Waals surface area contributed by atoms with Crippen molar-refractivity contribution < 1.29 is 4.39 Å². The van der Waals surface area contributed by atoms with Crippen LogP contribution in [-0.4, -0.2) is 9.55 Å². The topological polar surface area (TPSA) is 43.8 Å². The summed E-state index contributed by atoms with van der Waals surface area (Å²) in [6.45, 7) is 2.97. The van der Waals surface area contributed by atoms with Crippen molar-refractivity contribution in [2.45, 2.75) is 20.0 Å². The van der Waals surface area contributed by atoms with Gasteiger partial charge in [0.15, 0.2) is 0 Å². The molecule has 0 aliphatic heterocycles. The van der Waals surface area contributed by atoms with Gasteiger partial charge in [-0.25, -0.2) is 9.37 Å². The molecule has 1 aromatic heterocycles. The van der Waals surface area contributed by atoms with E-state index in [4.69, 9.17) is 5.73 Å². The minimum absolute atomic E-state index is 0.225. The summed E-state index contributed by atoms with van der Waals surface area (Å²) in [5.74, 6) is 0.590. The molecule has 1 heterocycles. The molecule has 2 N–H and O–H groups in total. The van der Waals surface area contributed by atoms with Crippen molar-refractivity contribution in [1.82, 2.24) is 9.55 Å². The summed E-state index contributed by atoms with van der Waals surface area (Å²) in [6.07, 6.45) is 0. The Balaban J connectivity index is 2.10. The molecule has 0 unspecified atom stereocenters. The van der Waals surface area contributed by atoms with E-state index in [1.165, 1.54) is 6.07 Å². The van der Waals surface area contributed by atoms with Gasteiger partial charge in [-0.1, -0.05) is 18.2 Å². The highest BCUT2D eigenvalue weighted by atomic mass is 19.1. The van der Waals surface area contributed by atoms with Gasteiger partial charge >= 0.3 is 0 Å². The number of aromatic nitrogens is 2. The fraction of sp³-hybridized carbons (Fsp3) is 0.188. The number of aryl methyl sites for hydroxylation is 1. The van der Waals surface area contributed by atoms with Crippen molar-refractivity contribution in [2.75, 3.05) is 0 Å². The molecular weight excluding hydrogens is 253 g/mol. The van der Waals surface area contributed by atoms with Crippen LogP contribution in [0.4, 0.5) is 4.39 Å². The van der Waals surface area contributed by atoms with Crippen LogP contribution in [0, 0.1) is 12.7 Å². The number of imidazole rings is 1. The van der Waals surface area contributed by atoms with Gasteiger partial charge in [0, 0.05) is 6.54 Å². The van der Waals surface area contributed by atoms with E-state index < -0.39 is 0 Å². The van der Waals surface area contributed by atoms with Crippen LogP contribution in [0.3, 0.4) is 0 Å². The Morgan fingerprint density at radius 3 is 2.80 bits per heavy atom. The van der Waals surface area contributed by atoms with Crippen molar-refractivity contribution in [3.63, 3.8) is 0 Å². The van der Waals surface area contributed by atoms with Gasteiger partial charge in [0.2, 0.25) is 0 Å². The zero-order valence-electron chi connectivity index (χ0n) is 11.3. The van der Waals surface area contributed by atoms with Crippen LogP contribution >= 0.6 is 0 Å². The van der Waals surface area contributed by atoms with E-state index in [0.29, 0.717) is 13.1 Å². The second-order valence-electron chi connectivity index (χ2n) is 4.94. The van der Waals surface area contributed by atoms with E-state index in [-0.39, 0.29) is 5.82 Å². The summed E-state index contributed by atoms with van der Waals surface area (Å²) in [7, 11) is 0. The van der Waals surface area contributed by atoms with E-state index in [9.17, 15) is 4.39 Å². The molecular formula is C16H16FN3. The number of rotatable bonds is 3. The minimum Gasteiger partial charge on any atom is -0.324 e. The number of benzene rings is 2. The number of hydrogen-bond donors (Lipinski definition) is 1. The fourth-order valence-corrected chi connectivity index (χ4v) is 2.44. The van der Waals surface area contributed by atoms with Crippen LogP contribution in [0.1, 0.15) is 17.0 Å². The molecule has 3 rings (SSSR count). The van der Waals surface area contributed by atoms with Gasteiger partial charge in [0.05, 0.1) is 17.6 Å². The summed E-state index contributed by atoms with van der Waals surface area (Å²) in [6, 6.07) is 12.7. The van der Waals surface area contributed by atoms with E-state index in [2.05, 4.69) is 4.98 Å². The Labute approximate surface area is 116 Å². The number of hydrogen-bond acceptors (Lipinski definition) is 2. The lowest BCUT2D eigenvalue weighted by atomic mass is 10.2. The molecule has 0 amide bonds. The Bertz CT molecular complexity index is 762. The highest BCUT2D eigenvalue weighted by Gasteiger charge is 2.10. The minimum atomic E-state index is -0.225. The predicted octanol–water partition coefficient (Wildman–Crippen LogP) is 2.99. The van der Waals surface area contributed by atoms with Crippen LogP contribution in [0.2, 0.25) is 0 Å². The highest BCUT2D eigenvalue weighted by Crippen LogP contribution is 2.19. The average Bonchev–Trinajstić information content (AvgIpc) is 2.76. The van der Waals surface area contributed by atoms with Gasteiger partial charge in [0.25, 0.3) is 0 Å². The first-order valence-electron chi connectivity index (χ1n) is 6.57. The molecule has 3 nitrogen and oxygen atoms in total. The van der Waals surface area contributed by atoms with E-state index >= 15 is 0 Å². The van der Waals surface area contributed by atoms with E-state index in [1.807, 2.05) is 35.8 Å². The van der Waals surface area contributed by atoms with Crippen LogP contribution < -0.4 is 5.73 Å². The van der Waals surface area contributed by atoms with Crippen LogP contribution in [0.25, 0.3) is 11.0 Å². The normalized spacial score (nSPS) is 11.2. The van der Waals surface area contributed by atoms with Gasteiger partial charge in [-0.2, -0.15) is 0 Å². The second kappa shape index (κ2) is 5.06. The molecule has 0 saturated carbocycles. The van der Waals surface area contributed by atoms with Gasteiger partial charge in [0.1, 0.15) is 11.6 Å². The molecule has 0 saturated heterocycles. The third-order valence-corrected chi connectivity index (χ3v) is 3.40. The van der Waals surface area contributed by atoms with Crippen LogP contribution in [0.5, 0.6) is 0 Å². The average molecular weight is 269 g/mol. The lowest BCUT2D eigenvalue weighted by Crippen LogP contribution is -2.09. The molecule has 2 aromatic carbocycles. The van der Waals surface area contributed by atoms with Gasteiger partial charge in [-0.05, 0) is 42.3 Å². The third kappa shape index (κ3) is 2.30. The molecule has 0 bridgehead atoms. The zero-order chi connectivity index (χ0) is 14.1. The molecule has 4 heteroatoms. The maximum absolute atomic E-state index is 13.3. The first kappa shape index (κ1) is 12.8. The summed E-state index contributed by atoms with van der Waals surface area (Å²) >= 11 is 0. The fourth-order valence-electron chi connectivity index (χ4n) is 2.44. The lowest BCUT2D eigenvalue weighted by molar-refractivity contribution is 0.623. The third-order valence-electron chi connectivity index (χ3n) is 3.40. The van der Waals surface area contributed by atoms with Crippen molar-refractivity contribution >= 4 is 11.0 Å². The lowest BCUT2D eigenvalue weighted by Gasteiger charge is -2.08. The van der Waals surface area contributed by atoms with Crippen LogP contribution in [0.15, 0.2) is 42.5 Å². The Morgan fingerprint density at radius 1 is 1.20 bits per heavy atom. The largest absolute Gasteiger partial charge is 0.324 e. The standard InChI is InChI=1S/C16H16FN3/c1-11-5-6-15-14(7-11)19-16(9-18)20(15)10-12-3-2-4-13(17)8-12/h2-8H,9-10,18H2,1H3. The van der Waals surface area contributed by atoms with Crippen molar-refractivity contribution in [1.29, 1.82) is 0 Å². The zero-order valence-corrected chi connectivity index (χ0v) is 11.3. The molecule has 102 valence electrons. The van der Waals surface area contributed by atoms with Crippen molar-refractivity contribution in [3.05, 3.63) is 65.2 Å². The number of nitrogens with two attached hydrogens (primary N) is 1. The summed E-state index contributed by atoms with van der Waals surface area (Å²) in [5, 5.41) is 0. The SMILES string of the molecule is Cc1ccc2c(c1)nc(CN)n2Cc1cccc(F)c1. The van der Waals surface area contributed by atoms with Crippen molar-refractivity contribution in [3.8, 4) is 0 Å². The van der Waals surface area contributed by atoms with E-state index in [0.717, 1.165) is 28.0 Å². The Morgan fingerprint density at radius 2 is 2.05 bits per heavy atom. The van der Waals surface area contributed by atoms with E-state index in [1.54, 1.807) is 12.1 Å². The van der Waals surface area contributed by atoms with Crippen molar-refractivity contribution in [2.24, 2.45) is 5.73 Å². The quantitative estimate of drug-likeness (QED) is 0.794. The van der Waals surface area contributed by atoms with Crippen LogP contribution in [-0.2, 0) is 13.1 Å². The molecule has 3 aromatic rings. The molecule has 0 aliphatic carbocycles.